The third-order valence-corrected chi connectivity index (χ3v) is 2.36. The minimum absolute atomic E-state index is 0.0305. The molecule has 3 nitrogen and oxygen atoms in total. The number of carbonyl (C=O) groups excluding carboxylic acids is 1. The van der Waals surface area contributed by atoms with E-state index < -0.39 is 17.6 Å². The number of aryl methyl sites for hydroxylation is 1. The Morgan fingerprint density at radius 2 is 2.06 bits per heavy atom. The summed E-state index contributed by atoms with van der Waals surface area (Å²) in [6.07, 6.45) is -0.0305. The maximum absolute atomic E-state index is 13.7. The van der Waals surface area contributed by atoms with Gasteiger partial charge in [0.2, 0.25) is 0 Å². The largest absolute Gasteiger partial charge is 0.460 e. The molecule has 1 atom stereocenters. The van der Waals surface area contributed by atoms with Gasteiger partial charge in [0.05, 0.1) is 6.42 Å². The van der Waals surface area contributed by atoms with Crippen LogP contribution >= 0.6 is 0 Å². The van der Waals surface area contributed by atoms with Crippen LogP contribution in [0.3, 0.4) is 0 Å². The van der Waals surface area contributed by atoms with Crippen molar-refractivity contribution in [3.63, 3.8) is 0 Å². The van der Waals surface area contributed by atoms with E-state index >= 15 is 0 Å². The van der Waals surface area contributed by atoms with Crippen molar-refractivity contribution in [1.29, 1.82) is 0 Å². The highest BCUT2D eigenvalue weighted by Crippen LogP contribution is 2.20. The first kappa shape index (κ1) is 14.6. The molecule has 4 heteroatoms. The van der Waals surface area contributed by atoms with Crippen LogP contribution in [0.15, 0.2) is 18.2 Å². The second-order valence-corrected chi connectivity index (χ2v) is 5.42. The van der Waals surface area contributed by atoms with Gasteiger partial charge in [0.1, 0.15) is 11.4 Å². The second kappa shape index (κ2) is 5.48. The predicted molar refractivity (Wildman–Crippen MR) is 68.5 cm³/mol. The number of esters is 1. The first-order chi connectivity index (χ1) is 8.19. The normalized spacial score (nSPS) is 13.2. The second-order valence-electron chi connectivity index (χ2n) is 5.42. The van der Waals surface area contributed by atoms with Gasteiger partial charge in [-0.05, 0) is 39.3 Å². The van der Waals surface area contributed by atoms with E-state index in [2.05, 4.69) is 0 Å². The van der Waals surface area contributed by atoms with Crippen molar-refractivity contribution in [2.24, 2.45) is 5.73 Å². The highest BCUT2D eigenvalue weighted by Gasteiger charge is 2.20. The van der Waals surface area contributed by atoms with Crippen LogP contribution in [0, 0.1) is 12.7 Å². The first-order valence-electron chi connectivity index (χ1n) is 5.92. The predicted octanol–water partition coefficient (Wildman–Crippen LogP) is 2.87. The molecule has 0 aliphatic heterocycles. The molecule has 0 heterocycles. The van der Waals surface area contributed by atoms with Gasteiger partial charge in [-0.25, -0.2) is 4.39 Å². The van der Waals surface area contributed by atoms with Crippen LogP contribution in [-0.4, -0.2) is 11.6 Å². The first-order valence-corrected chi connectivity index (χ1v) is 5.92. The highest BCUT2D eigenvalue weighted by atomic mass is 19.1. The molecule has 0 bridgehead atoms. The number of carbonyl (C=O) groups is 1. The van der Waals surface area contributed by atoms with Crippen LogP contribution in [-0.2, 0) is 9.53 Å². The maximum Gasteiger partial charge on any atom is 0.308 e. The number of nitrogens with two attached hydrogens (primary N) is 1. The van der Waals surface area contributed by atoms with Gasteiger partial charge in [-0.15, -0.1) is 0 Å². The van der Waals surface area contributed by atoms with Crippen LogP contribution in [0.2, 0.25) is 0 Å². The van der Waals surface area contributed by atoms with Crippen molar-refractivity contribution in [1.82, 2.24) is 0 Å². The Bertz CT molecular complexity index is 438. The molecule has 0 aromatic heterocycles. The molecule has 2 N–H and O–H groups in total. The minimum atomic E-state index is -0.680. The van der Waals surface area contributed by atoms with E-state index in [4.69, 9.17) is 10.5 Å². The third kappa shape index (κ3) is 4.45. The summed E-state index contributed by atoms with van der Waals surface area (Å²) in [5.74, 6) is -0.805. The van der Waals surface area contributed by atoms with Crippen molar-refractivity contribution in [2.45, 2.75) is 45.8 Å². The van der Waals surface area contributed by atoms with Crippen LogP contribution in [0.5, 0.6) is 0 Å². The zero-order valence-corrected chi connectivity index (χ0v) is 11.3. The SMILES string of the molecule is Cc1ccc([C@H](N)CC(=O)OC(C)(C)C)c(F)c1. The molecule has 0 spiro atoms. The van der Waals surface area contributed by atoms with Gasteiger partial charge in [-0.2, -0.15) is 0 Å². The van der Waals surface area contributed by atoms with E-state index in [0.717, 1.165) is 5.56 Å². The van der Waals surface area contributed by atoms with Crippen LogP contribution in [0.25, 0.3) is 0 Å². The number of rotatable bonds is 3. The van der Waals surface area contributed by atoms with Crippen molar-refractivity contribution in [3.8, 4) is 0 Å². The van der Waals surface area contributed by atoms with Crippen LogP contribution in [0.4, 0.5) is 4.39 Å². The molecule has 0 unspecified atom stereocenters. The summed E-state index contributed by atoms with van der Waals surface area (Å²) < 4.78 is 18.8. The zero-order valence-electron chi connectivity index (χ0n) is 11.3. The lowest BCUT2D eigenvalue weighted by Gasteiger charge is -2.21. The Hall–Kier alpha value is -1.42. The standard InChI is InChI=1S/C14H20FNO2/c1-9-5-6-10(11(15)7-9)12(16)8-13(17)18-14(2,3)4/h5-7,12H,8,16H2,1-4H3/t12-/m1/s1. The van der Waals surface area contributed by atoms with Gasteiger partial charge in [0.15, 0.2) is 0 Å². The third-order valence-electron chi connectivity index (χ3n) is 2.36. The topological polar surface area (TPSA) is 52.3 Å². The quantitative estimate of drug-likeness (QED) is 0.843. The van der Waals surface area contributed by atoms with Crippen molar-refractivity contribution in [3.05, 3.63) is 35.1 Å². The summed E-state index contributed by atoms with van der Waals surface area (Å²) in [4.78, 5) is 11.6. The molecular formula is C14H20FNO2. The Labute approximate surface area is 107 Å². The van der Waals surface area contributed by atoms with E-state index in [1.807, 2.05) is 0 Å². The summed E-state index contributed by atoms with van der Waals surface area (Å²) in [7, 11) is 0. The zero-order chi connectivity index (χ0) is 13.9. The molecule has 0 aliphatic rings. The van der Waals surface area contributed by atoms with E-state index in [0.29, 0.717) is 5.56 Å². The fraction of sp³-hybridized carbons (Fsp3) is 0.500. The molecule has 0 radical (unpaired) electrons. The molecule has 1 aromatic carbocycles. The maximum atomic E-state index is 13.7. The number of hydrogen-bond donors (Lipinski definition) is 1. The lowest BCUT2D eigenvalue weighted by Crippen LogP contribution is -2.26. The van der Waals surface area contributed by atoms with Gasteiger partial charge >= 0.3 is 5.97 Å². The smallest absolute Gasteiger partial charge is 0.308 e. The van der Waals surface area contributed by atoms with Crippen molar-refractivity contribution in [2.75, 3.05) is 0 Å². The number of ether oxygens (including phenoxy) is 1. The number of hydrogen-bond acceptors (Lipinski definition) is 3. The Kier molecular flexibility index (Phi) is 4.46. The van der Waals surface area contributed by atoms with Crippen LogP contribution in [0.1, 0.15) is 44.4 Å². The molecule has 0 saturated carbocycles. The monoisotopic (exact) mass is 253 g/mol. The lowest BCUT2D eigenvalue weighted by atomic mass is 10.0. The fourth-order valence-corrected chi connectivity index (χ4v) is 1.61. The molecule has 0 amide bonds. The molecule has 0 fully saturated rings. The summed E-state index contributed by atoms with van der Waals surface area (Å²) in [5.41, 5.74) is 6.43. The Morgan fingerprint density at radius 1 is 1.44 bits per heavy atom. The molecule has 0 saturated heterocycles. The summed E-state index contributed by atoms with van der Waals surface area (Å²) in [6, 6.07) is 4.11. The van der Waals surface area contributed by atoms with Gasteiger partial charge < -0.3 is 10.5 Å². The molecule has 100 valence electrons. The van der Waals surface area contributed by atoms with Crippen molar-refractivity contribution < 1.29 is 13.9 Å². The number of halogens is 1. The van der Waals surface area contributed by atoms with Gasteiger partial charge in [-0.1, -0.05) is 12.1 Å². The van der Waals surface area contributed by atoms with Gasteiger partial charge in [0.25, 0.3) is 0 Å². The minimum Gasteiger partial charge on any atom is -0.460 e. The van der Waals surface area contributed by atoms with Crippen LogP contribution < -0.4 is 5.73 Å². The summed E-state index contributed by atoms with van der Waals surface area (Å²) in [5, 5.41) is 0. The van der Waals surface area contributed by atoms with E-state index in [1.165, 1.54) is 6.07 Å². The van der Waals surface area contributed by atoms with Gasteiger partial charge in [-0.3, -0.25) is 4.79 Å². The molecule has 1 rings (SSSR count). The fourth-order valence-electron chi connectivity index (χ4n) is 1.61. The lowest BCUT2D eigenvalue weighted by molar-refractivity contribution is -0.155. The Morgan fingerprint density at radius 3 is 2.56 bits per heavy atom. The van der Waals surface area contributed by atoms with E-state index in [1.54, 1.807) is 39.8 Å². The summed E-state index contributed by atoms with van der Waals surface area (Å²) in [6.45, 7) is 7.14. The average Bonchev–Trinajstić information content (AvgIpc) is 2.13. The molecule has 18 heavy (non-hydrogen) atoms. The summed E-state index contributed by atoms with van der Waals surface area (Å²) >= 11 is 0. The number of benzene rings is 1. The Balaban J connectivity index is 2.71. The average molecular weight is 253 g/mol. The highest BCUT2D eigenvalue weighted by molar-refractivity contribution is 5.71. The van der Waals surface area contributed by atoms with E-state index in [-0.39, 0.29) is 12.2 Å². The molecule has 1 aromatic rings. The molecule has 0 aliphatic carbocycles. The van der Waals surface area contributed by atoms with Gasteiger partial charge in [0, 0.05) is 11.6 Å². The molecular weight excluding hydrogens is 233 g/mol. The van der Waals surface area contributed by atoms with Crippen molar-refractivity contribution >= 4 is 5.97 Å². The van der Waals surface area contributed by atoms with E-state index in [9.17, 15) is 9.18 Å².